The third-order valence-electron chi connectivity index (χ3n) is 5.58. The second-order valence-corrected chi connectivity index (χ2v) is 7.53. The molecule has 1 fully saturated rings. The number of carboxylic acids is 1. The van der Waals surface area contributed by atoms with Crippen LogP contribution in [-0.2, 0) is 4.79 Å². The molecule has 0 spiro atoms. The van der Waals surface area contributed by atoms with Crippen molar-refractivity contribution in [3.63, 3.8) is 0 Å². The van der Waals surface area contributed by atoms with E-state index >= 15 is 0 Å². The Morgan fingerprint density at radius 1 is 1.21 bits per heavy atom. The molecule has 1 aliphatic heterocycles. The van der Waals surface area contributed by atoms with Gasteiger partial charge in [0.1, 0.15) is 0 Å². The number of likely N-dealkylation sites (tertiary alicyclic amines) is 1. The van der Waals surface area contributed by atoms with Gasteiger partial charge in [0.25, 0.3) is 5.91 Å². The van der Waals surface area contributed by atoms with Crippen LogP contribution in [0.1, 0.15) is 40.9 Å². The van der Waals surface area contributed by atoms with E-state index in [1.165, 1.54) is 0 Å². The maximum absolute atomic E-state index is 13.1. The number of carboxylic acid groups (broad SMARTS) is 1. The van der Waals surface area contributed by atoms with Crippen molar-refractivity contribution in [3.05, 3.63) is 47.3 Å². The van der Waals surface area contributed by atoms with Crippen molar-refractivity contribution in [1.82, 2.24) is 19.6 Å². The Bertz CT molecular complexity index is 861. The van der Waals surface area contributed by atoms with Crippen LogP contribution in [0, 0.1) is 13.8 Å². The molecule has 2 aromatic rings. The predicted molar refractivity (Wildman–Crippen MR) is 107 cm³/mol. The number of aryl methyl sites for hydroxylation is 1. The lowest BCUT2D eigenvalue weighted by Gasteiger charge is -2.25. The van der Waals surface area contributed by atoms with Crippen LogP contribution >= 0.6 is 0 Å². The SMILES string of the molecule is Cc1ccccc1-n1ncc(C(=O)N2CCCC(N(C)CC(=O)O)CC2)c1C. The number of benzene rings is 1. The molecule has 1 unspecified atom stereocenters. The van der Waals surface area contributed by atoms with E-state index in [0.717, 1.165) is 36.2 Å². The summed E-state index contributed by atoms with van der Waals surface area (Å²) in [5.74, 6) is -0.821. The molecule has 1 aliphatic rings. The Morgan fingerprint density at radius 2 is 1.96 bits per heavy atom. The molecule has 7 nitrogen and oxygen atoms in total. The summed E-state index contributed by atoms with van der Waals surface area (Å²) in [6, 6.07) is 8.16. The summed E-state index contributed by atoms with van der Waals surface area (Å²) in [4.78, 5) is 27.8. The standard InChI is InChI=1S/C21H28N4O3/c1-15-7-4-5-9-19(15)25-16(2)18(13-22-25)21(28)24-11-6-8-17(10-12-24)23(3)14-20(26)27/h4-5,7,9,13,17H,6,8,10-12,14H2,1-3H3,(H,26,27). The average Bonchev–Trinajstić information content (AvgIpc) is 2.87. The molecule has 0 radical (unpaired) electrons. The van der Waals surface area contributed by atoms with Crippen LogP contribution in [-0.4, -0.2) is 69.3 Å². The molecule has 3 rings (SSSR count). The van der Waals surface area contributed by atoms with E-state index in [4.69, 9.17) is 5.11 Å². The normalized spacial score (nSPS) is 17.6. The van der Waals surface area contributed by atoms with Crippen molar-refractivity contribution < 1.29 is 14.7 Å². The smallest absolute Gasteiger partial charge is 0.317 e. The first-order chi connectivity index (χ1) is 13.4. The van der Waals surface area contributed by atoms with E-state index in [1.807, 2.05) is 59.6 Å². The van der Waals surface area contributed by atoms with Crippen molar-refractivity contribution in [2.45, 2.75) is 39.2 Å². The van der Waals surface area contributed by atoms with Gasteiger partial charge < -0.3 is 10.0 Å². The van der Waals surface area contributed by atoms with Gasteiger partial charge >= 0.3 is 5.97 Å². The van der Waals surface area contributed by atoms with Gasteiger partial charge in [-0.3, -0.25) is 14.5 Å². The van der Waals surface area contributed by atoms with E-state index in [2.05, 4.69) is 5.10 Å². The fraction of sp³-hybridized carbons (Fsp3) is 0.476. The van der Waals surface area contributed by atoms with E-state index < -0.39 is 5.97 Å². The summed E-state index contributed by atoms with van der Waals surface area (Å²) < 4.78 is 1.82. The maximum atomic E-state index is 13.1. The highest BCUT2D eigenvalue weighted by Gasteiger charge is 2.26. The summed E-state index contributed by atoms with van der Waals surface area (Å²) >= 11 is 0. The molecule has 150 valence electrons. The number of para-hydroxylation sites is 1. The monoisotopic (exact) mass is 384 g/mol. The molecule has 1 saturated heterocycles. The highest BCUT2D eigenvalue weighted by molar-refractivity contribution is 5.95. The number of carbonyl (C=O) groups excluding carboxylic acids is 1. The zero-order valence-corrected chi connectivity index (χ0v) is 16.8. The molecule has 0 bridgehead atoms. The lowest BCUT2D eigenvalue weighted by molar-refractivity contribution is -0.138. The highest BCUT2D eigenvalue weighted by Crippen LogP contribution is 2.21. The zero-order chi connectivity index (χ0) is 20.3. The summed E-state index contributed by atoms with van der Waals surface area (Å²) in [5.41, 5.74) is 3.54. The van der Waals surface area contributed by atoms with Gasteiger partial charge in [0.2, 0.25) is 0 Å². The largest absolute Gasteiger partial charge is 0.480 e. The number of hydrogen-bond donors (Lipinski definition) is 1. The molecular weight excluding hydrogens is 356 g/mol. The number of aliphatic carboxylic acids is 1. The second-order valence-electron chi connectivity index (χ2n) is 7.53. The highest BCUT2D eigenvalue weighted by atomic mass is 16.4. The van der Waals surface area contributed by atoms with Gasteiger partial charge in [-0.05, 0) is 51.8 Å². The van der Waals surface area contributed by atoms with Crippen molar-refractivity contribution in [2.75, 3.05) is 26.7 Å². The molecule has 7 heteroatoms. The van der Waals surface area contributed by atoms with Crippen LogP contribution in [0.4, 0.5) is 0 Å². The average molecular weight is 384 g/mol. The van der Waals surface area contributed by atoms with Crippen LogP contribution in [0.5, 0.6) is 0 Å². The number of amides is 1. The van der Waals surface area contributed by atoms with Gasteiger partial charge in [0, 0.05) is 19.1 Å². The first-order valence-electron chi connectivity index (χ1n) is 9.70. The van der Waals surface area contributed by atoms with Crippen LogP contribution in [0.3, 0.4) is 0 Å². The van der Waals surface area contributed by atoms with E-state index in [0.29, 0.717) is 18.7 Å². The van der Waals surface area contributed by atoms with Crippen LogP contribution < -0.4 is 0 Å². The summed E-state index contributed by atoms with van der Waals surface area (Å²) in [6.07, 6.45) is 4.20. The fourth-order valence-corrected chi connectivity index (χ4v) is 3.90. The summed E-state index contributed by atoms with van der Waals surface area (Å²) in [6.45, 7) is 5.29. The maximum Gasteiger partial charge on any atom is 0.317 e. The lowest BCUT2D eigenvalue weighted by atomic mass is 10.1. The molecule has 1 N–H and O–H groups in total. The second kappa shape index (κ2) is 8.56. The number of rotatable bonds is 5. The molecular formula is C21H28N4O3. The molecule has 1 amide bonds. The van der Waals surface area contributed by atoms with E-state index in [1.54, 1.807) is 6.20 Å². The van der Waals surface area contributed by atoms with Gasteiger partial charge in [-0.15, -0.1) is 0 Å². The quantitative estimate of drug-likeness (QED) is 0.857. The molecule has 1 aromatic carbocycles. The zero-order valence-electron chi connectivity index (χ0n) is 16.8. The number of hydrogen-bond acceptors (Lipinski definition) is 4. The summed E-state index contributed by atoms with van der Waals surface area (Å²) in [5, 5.41) is 13.5. The van der Waals surface area contributed by atoms with Crippen molar-refractivity contribution in [3.8, 4) is 5.69 Å². The van der Waals surface area contributed by atoms with Crippen molar-refractivity contribution in [2.24, 2.45) is 0 Å². The number of aromatic nitrogens is 2. The van der Waals surface area contributed by atoms with Gasteiger partial charge in [-0.2, -0.15) is 5.10 Å². The van der Waals surface area contributed by atoms with Crippen molar-refractivity contribution in [1.29, 1.82) is 0 Å². The van der Waals surface area contributed by atoms with Crippen LogP contribution in [0.25, 0.3) is 5.69 Å². The minimum absolute atomic E-state index is 0.00104. The van der Waals surface area contributed by atoms with Gasteiger partial charge in [-0.25, -0.2) is 4.68 Å². The number of nitrogens with zero attached hydrogens (tertiary/aromatic N) is 4. The molecule has 1 aromatic heterocycles. The Hall–Kier alpha value is -2.67. The van der Waals surface area contributed by atoms with Gasteiger partial charge in [-0.1, -0.05) is 18.2 Å². The Balaban J connectivity index is 1.73. The molecule has 0 aliphatic carbocycles. The third-order valence-corrected chi connectivity index (χ3v) is 5.58. The first kappa shape index (κ1) is 20.1. The minimum atomic E-state index is -0.820. The first-order valence-corrected chi connectivity index (χ1v) is 9.70. The third kappa shape index (κ3) is 4.25. The molecule has 28 heavy (non-hydrogen) atoms. The Kier molecular flexibility index (Phi) is 6.14. The topological polar surface area (TPSA) is 78.7 Å². The Morgan fingerprint density at radius 3 is 2.68 bits per heavy atom. The van der Waals surface area contributed by atoms with Gasteiger partial charge in [0.15, 0.2) is 0 Å². The summed E-state index contributed by atoms with van der Waals surface area (Å²) in [7, 11) is 1.84. The number of likely N-dealkylation sites (N-methyl/N-ethyl adjacent to an activating group) is 1. The van der Waals surface area contributed by atoms with Crippen LogP contribution in [0.2, 0.25) is 0 Å². The number of carbonyl (C=O) groups is 2. The molecule has 1 atom stereocenters. The molecule has 0 saturated carbocycles. The van der Waals surface area contributed by atoms with E-state index in [9.17, 15) is 9.59 Å². The van der Waals surface area contributed by atoms with Gasteiger partial charge in [0.05, 0.1) is 29.7 Å². The Labute approximate surface area is 165 Å². The lowest BCUT2D eigenvalue weighted by Crippen LogP contribution is -2.37. The van der Waals surface area contributed by atoms with E-state index in [-0.39, 0.29) is 18.5 Å². The predicted octanol–water partition coefficient (Wildman–Crippen LogP) is 2.50. The fourth-order valence-electron chi connectivity index (χ4n) is 3.90. The van der Waals surface area contributed by atoms with Crippen LogP contribution in [0.15, 0.2) is 30.5 Å². The minimum Gasteiger partial charge on any atom is -0.480 e. The van der Waals surface area contributed by atoms with Crippen molar-refractivity contribution >= 4 is 11.9 Å². The molecule has 2 heterocycles.